The molecule has 2 aromatic carbocycles. The summed E-state index contributed by atoms with van der Waals surface area (Å²) in [6, 6.07) is 9.53. The van der Waals surface area contributed by atoms with E-state index in [1.54, 1.807) is 38.1 Å². The van der Waals surface area contributed by atoms with Gasteiger partial charge in [-0.05, 0) is 56.3 Å². The molecule has 1 heterocycles. The van der Waals surface area contributed by atoms with Crippen molar-refractivity contribution in [3.8, 4) is 0 Å². The van der Waals surface area contributed by atoms with E-state index in [0.717, 1.165) is 0 Å². The van der Waals surface area contributed by atoms with Gasteiger partial charge in [-0.2, -0.15) is 4.31 Å². The molecule has 1 aliphatic rings. The quantitative estimate of drug-likeness (QED) is 0.710. The number of carbonyl (C=O) groups excluding carboxylic acids is 2. The second-order valence-electron chi connectivity index (χ2n) is 7.61. The number of nitrogens with one attached hydrogen (secondary N) is 1. The molecule has 1 amide bonds. The number of methoxy groups -OCH3 is 1. The number of benzene rings is 2. The molecule has 0 aliphatic carbocycles. The first kappa shape index (κ1) is 22.9. The van der Waals surface area contributed by atoms with Crippen molar-refractivity contribution < 1.29 is 22.7 Å². The number of esters is 1. The topological polar surface area (TPSA) is 96.0 Å². The van der Waals surface area contributed by atoms with Crippen LogP contribution in [0.2, 0.25) is 0 Å². The summed E-state index contributed by atoms with van der Waals surface area (Å²) in [5.74, 6) is -0.942. The van der Waals surface area contributed by atoms with Crippen LogP contribution in [0.1, 0.15) is 31.8 Å². The average Bonchev–Trinajstić information content (AvgIpc) is 2.75. The minimum Gasteiger partial charge on any atom is -0.465 e. The number of sulfonamides is 1. The molecule has 0 spiro atoms. The van der Waals surface area contributed by atoms with Crippen molar-refractivity contribution in [3.05, 3.63) is 58.7 Å². The maximum atomic E-state index is 13.1. The zero-order chi connectivity index (χ0) is 22.8. The van der Waals surface area contributed by atoms with Crippen LogP contribution in [-0.4, -0.2) is 69.8 Å². The Morgan fingerprint density at radius 3 is 2.32 bits per heavy atom. The van der Waals surface area contributed by atoms with Gasteiger partial charge in [0.05, 0.1) is 17.6 Å². The highest BCUT2D eigenvalue weighted by molar-refractivity contribution is 7.89. The Morgan fingerprint density at radius 2 is 1.68 bits per heavy atom. The molecule has 1 fully saturated rings. The predicted octanol–water partition coefficient (Wildman–Crippen LogP) is 2.28. The second kappa shape index (κ2) is 9.17. The van der Waals surface area contributed by atoms with Crippen LogP contribution in [0, 0.1) is 13.8 Å². The van der Waals surface area contributed by atoms with Gasteiger partial charge in [-0.15, -0.1) is 0 Å². The van der Waals surface area contributed by atoms with Crippen LogP contribution in [-0.2, 0) is 14.8 Å². The molecular formula is C22H27N3O5S. The summed E-state index contributed by atoms with van der Waals surface area (Å²) in [6.07, 6.45) is 0. The third kappa shape index (κ3) is 4.79. The fourth-order valence-corrected chi connectivity index (χ4v) is 4.92. The van der Waals surface area contributed by atoms with E-state index in [2.05, 4.69) is 10.2 Å². The zero-order valence-electron chi connectivity index (χ0n) is 18.1. The van der Waals surface area contributed by atoms with Gasteiger partial charge in [-0.3, -0.25) is 4.79 Å². The van der Waals surface area contributed by atoms with Gasteiger partial charge in [0.2, 0.25) is 10.0 Å². The van der Waals surface area contributed by atoms with Gasteiger partial charge in [-0.1, -0.05) is 12.1 Å². The molecule has 2 aromatic rings. The maximum absolute atomic E-state index is 13.1. The molecule has 1 saturated heterocycles. The third-order valence-corrected chi connectivity index (χ3v) is 7.44. The number of hydrogen-bond acceptors (Lipinski definition) is 6. The Hall–Kier alpha value is -2.75. The Labute approximate surface area is 182 Å². The third-order valence-electron chi connectivity index (χ3n) is 5.54. The monoisotopic (exact) mass is 445 g/mol. The van der Waals surface area contributed by atoms with Crippen LogP contribution in [0.3, 0.4) is 0 Å². The SMILES string of the molecule is COC(=O)c1cccc(NC(=O)c2cc(S(=O)(=O)N3CCN(C)CC3)ccc2C)c1C. The predicted molar refractivity (Wildman–Crippen MR) is 118 cm³/mol. The van der Waals surface area contributed by atoms with Gasteiger partial charge in [0.15, 0.2) is 0 Å². The molecule has 0 saturated carbocycles. The number of anilines is 1. The number of aryl methyl sites for hydroxylation is 1. The highest BCUT2D eigenvalue weighted by Gasteiger charge is 2.28. The van der Waals surface area contributed by atoms with Crippen molar-refractivity contribution in [1.29, 1.82) is 0 Å². The summed E-state index contributed by atoms with van der Waals surface area (Å²) in [4.78, 5) is 27.1. The van der Waals surface area contributed by atoms with Crippen molar-refractivity contribution in [1.82, 2.24) is 9.21 Å². The number of nitrogens with zero attached hydrogens (tertiary/aromatic N) is 2. The lowest BCUT2D eigenvalue weighted by Crippen LogP contribution is -2.47. The van der Waals surface area contributed by atoms with Crippen molar-refractivity contribution in [2.45, 2.75) is 18.7 Å². The molecule has 0 atom stereocenters. The lowest BCUT2D eigenvalue weighted by molar-refractivity contribution is 0.0599. The molecule has 1 aliphatic heterocycles. The first-order chi connectivity index (χ1) is 14.6. The van der Waals surface area contributed by atoms with E-state index < -0.39 is 21.9 Å². The smallest absolute Gasteiger partial charge is 0.338 e. The Kier molecular flexibility index (Phi) is 6.78. The van der Waals surface area contributed by atoms with Gasteiger partial charge in [0.1, 0.15) is 0 Å². The minimum absolute atomic E-state index is 0.0906. The number of piperazine rings is 1. The van der Waals surface area contributed by atoms with E-state index in [4.69, 9.17) is 4.74 Å². The van der Waals surface area contributed by atoms with Crippen LogP contribution in [0.4, 0.5) is 5.69 Å². The Bertz CT molecular complexity index is 1110. The summed E-state index contributed by atoms with van der Waals surface area (Å²) in [7, 11) is -0.447. The van der Waals surface area contributed by atoms with Crippen molar-refractivity contribution >= 4 is 27.6 Å². The zero-order valence-corrected chi connectivity index (χ0v) is 19.0. The Morgan fingerprint density at radius 1 is 1.00 bits per heavy atom. The molecule has 1 N–H and O–H groups in total. The van der Waals surface area contributed by atoms with Crippen molar-refractivity contribution in [2.24, 2.45) is 0 Å². The van der Waals surface area contributed by atoms with Gasteiger partial charge >= 0.3 is 5.97 Å². The lowest BCUT2D eigenvalue weighted by atomic mass is 10.1. The van der Waals surface area contributed by atoms with Gasteiger partial charge in [0.25, 0.3) is 5.91 Å². The molecule has 0 aromatic heterocycles. The fraction of sp³-hybridized carbons (Fsp3) is 0.364. The highest BCUT2D eigenvalue weighted by atomic mass is 32.2. The summed E-state index contributed by atoms with van der Waals surface area (Å²) in [6.45, 7) is 5.60. The van der Waals surface area contributed by atoms with E-state index in [1.165, 1.54) is 23.5 Å². The average molecular weight is 446 g/mol. The summed E-state index contributed by atoms with van der Waals surface area (Å²) < 4.78 is 32.4. The number of carbonyl (C=O) groups is 2. The normalized spacial score (nSPS) is 15.5. The van der Waals surface area contributed by atoms with Crippen molar-refractivity contribution in [3.63, 3.8) is 0 Å². The van der Waals surface area contributed by atoms with E-state index in [1.807, 2.05) is 7.05 Å². The van der Waals surface area contributed by atoms with Gasteiger partial charge < -0.3 is 15.0 Å². The van der Waals surface area contributed by atoms with E-state index in [0.29, 0.717) is 48.6 Å². The highest BCUT2D eigenvalue weighted by Crippen LogP contribution is 2.24. The lowest BCUT2D eigenvalue weighted by Gasteiger charge is -2.31. The summed E-state index contributed by atoms with van der Waals surface area (Å²) in [5.41, 5.74) is 2.29. The van der Waals surface area contributed by atoms with Crippen molar-refractivity contribution in [2.75, 3.05) is 45.7 Å². The van der Waals surface area contributed by atoms with E-state index in [-0.39, 0.29) is 10.5 Å². The molecule has 3 rings (SSSR count). The van der Waals surface area contributed by atoms with Crippen LogP contribution in [0.25, 0.3) is 0 Å². The Balaban J connectivity index is 1.89. The van der Waals surface area contributed by atoms with Crippen LogP contribution in [0.15, 0.2) is 41.3 Å². The maximum Gasteiger partial charge on any atom is 0.338 e. The molecule has 0 unspecified atom stereocenters. The van der Waals surface area contributed by atoms with E-state index >= 15 is 0 Å². The minimum atomic E-state index is -3.70. The number of rotatable bonds is 5. The molecule has 9 heteroatoms. The van der Waals surface area contributed by atoms with Crippen LogP contribution < -0.4 is 5.32 Å². The number of likely N-dealkylation sites (N-methyl/N-ethyl adjacent to an activating group) is 1. The standard InChI is InChI=1S/C22H27N3O5S/c1-15-8-9-17(31(28,29)25-12-10-24(3)11-13-25)14-19(15)21(26)23-20-7-5-6-18(16(20)2)22(27)30-4/h5-9,14H,10-13H2,1-4H3,(H,23,26). The number of amides is 1. The molecule has 31 heavy (non-hydrogen) atoms. The van der Waals surface area contributed by atoms with Gasteiger partial charge in [0, 0.05) is 37.4 Å². The summed E-state index contributed by atoms with van der Waals surface area (Å²) in [5, 5.41) is 2.79. The molecule has 0 bridgehead atoms. The number of hydrogen-bond donors (Lipinski definition) is 1. The molecule has 0 radical (unpaired) electrons. The molecular weight excluding hydrogens is 418 g/mol. The first-order valence-corrected chi connectivity index (χ1v) is 11.4. The van der Waals surface area contributed by atoms with Gasteiger partial charge in [-0.25, -0.2) is 13.2 Å². The molecule has 8 nitrogen and oxygen atoms in total. The summed E-state index contributed by atoms with van der Waals surface area (Å²) >= 11 is 0. The van der Waals surface area contributed by atoms with Crippen LogP contribution >= 0.6 is 0 Å². The largest absolute Gasteiger partial charge is 0.465 e. The second-order valence-corrected chi connectivity index (χ2v) is 9.55. The van der Waals surface area contributed by atoms with Crippen LogP contribution in [0.5, 0.6) is 0 Å². The molecule has 166 valence electrons. The first-order valence-electron chi connectivity index (χ1n) is 9.93. The number of ether oxygens (including phenoxy) is 1. The van der Waals surface area contributed by atoms with E-state index in [9.17, 15) is 18.0 Å². The fourth-order valence-electron chi connectivity index (χ4n) is 3.48.